The number of hydrogen-bond donors (Lipinski definition) is 0. The highest BCUT2D eigenvalue weighted by Crippen LogP contribution is 2.51. The Balaban J connectivity index is 0.000000131. The number of para-hydroxylation sites is 2. The maximum atomic E-state index is 8.94. The first-order valence-corrected chi connectivity index (χ1v) is 31.6. The molecule has 20 aromatic rings. The second kappa shape index (κ2) is 18.6. The Morgan fingerprint density at radius 3 is 1.06 bits per heavy atom. The first-order chi connectivity index (χ1) is 44.8. The molecule has 8 aromatic heterocycles. The maximum Gasteiger partial charge on any atom is 0.236 e. The van der Waals surface area contributed by atoms with Gasteiger partial charge in [0.1, 0.15) is 9.66 Å². The molecule has 400 valence electrons. The van der Waals surface area contributed by atoms with Crippen molar-refractivity contribution in [3.63, 3.8) is 0 Å². The second-order valence-corrected chi connectivity index (χ2v) is 25.7. The van der Waals surface area contributed by atoms with Crippen molar-refractivity contribution in [2.45, 2.75) is 0 Å². The molecule has 0 fully saturated rings. The van der Waals surface area contributed by atoms with E-state index in [1.54, 1.807) is 22.7 Å². The molecule has 8 heterocycles. The third kappa shape index (κ3) is 6.92. The van der Waals surface area contributed by atoms with Gasteiger partial charge < -0.3 is 0 Å². The van der Waals surface area contributed by atoms with E-state index in [2.05, 4.69) is 197 Å². The third-order valence-electron chi connectivity index (χ3n) is 16.9. The summed E-state index contributed by atoms with van der Waals surface area (Å²) in [4.78, 5) is 22.9. The fourth-order valence-corrected chi connectivity index (χ4v) is 18.1. The van der Waals surface area contributed by atoms with Crippen molar-refractivity contribution in [1.29, 1.82) is 0 Å². The fourth-order valence-electron chi connectivity index (χ4n) is 13.4. The third-order valence-corrected chi connectivity index (χ3v) is 21.4. The molecule has 0 radical (unpaired) electrons. The summed E-state index contributed by atoms with van der Waals surface area (Å²) in [5.74, 6) is 1.09. The van der Waals surface area contributed by atoms with E-state index in [-0.39, 0.29) is 17.6 Å². The molecule has 6 nitrogen and oxygen atoms in total. The lowest BCUT2D eigenvalue weighted by atomic mass is 9.99. The van der Waals surface area contributed by atoms with Crippen molar-refractivity contribution in [2.24, 2.45) is 0 Å². The molecule has 0 atom stereocenters. The molecule has 0 bridgehead atoms. The monoisotopic (exact) mass is 1170 g/mol. The summed E-state index contributed by atoms with van der Waals surface area (Å²) >= 11 is 6.86. The predicted octanol–water partition coefficient (Wildman–Crippen LogP) is 22.3. The van der Waals surface area contributed by atoms with Crippen molar-refractivity contribution in [2.75, 3.05) is 0 Å². The van der Waals surface area contributed by atoms with Crippen LogP contribution in [0.4, 0.5) is 0 Å². The number of rotatable bonds is 4. The number of hydrogen-bond acceptors (Lipinski definition) is 8. The largest absolute Gasteiger partial charge is 0.276 e. The molecule has 0 saturated heterocycles. The Morgan fingerprint density at radius 2 is 0.616 bits per heavy atom. The van der Waals surface area contributed by atoms with Crippen LogP contribution in [-0.2, 0) is 0 Å². The fraction of sp³-hybridized carbons (Fsp3) is 0. The summed E-state index contributed by atoms with van der Waals surface area (Å²) in [6.45, 7) is 0. The minimum Gasteiger partial charge on any atom is -0.276 e. The highest BCUT2D eigenvalue weighted by Gasteiger charge is 2.27. The molecule has 0 aliphatic heterocycles. The number of fused-ring (bicyclic) bond motifs is 26. The van der Waals surface area contributed by atoms with Crippen LogP contribution in [0.2, 0.25) is 0 Å². The summed E-state index contributed by atoms with van der Waals surface area (Å²) in [5.41, 5.74) is 6.66. The molecule has 12 aromatic carbocycles. The molecule has 0 N–H and O–H groups in total. The summed E-state index contributed by atoms with van der Waals surface area (Å²) in [6.07, 6.45) is 0. The standard InChI is InChI=1S/2C38H21N3S2/c2*1-2-12-22(13-3-1)34-33-27-18-8-11-21-30(27)43-37(33)40-38(39-34)41-28-19-9-6-16-25(28)31-23-14-4-5-15-24(23)32-26-17-7-10-20-29(26)42-36(32)35(31)41/h2*1-21H/i1D,2D,3D,12D,13D;. The van der Waals surface area contributed by atoms with Gasteiger partial charge in [-0.2, -0.15) is 0 Å². The van der Waals surface area contributed by atoms with Crippen molar-refractivity contribution >= 4 is 191 Å². The highest BCUT2D eigenvalue weighted by atomic mass is 32.1. The van der Waals surface area contributed by atoms with Crippen LogP contribution >= 0.6 is 45.3 Å². The van der Waals surface area contributed by atoms with Gasteiger partial charge in [-0.15, -0.1) is 45.3 Å². The molecule has 86 heavy (non-hydrogen) atoms. The highest BCUT2D eigenvalue weighted by molar-refractivity contribution is 7.27. The van der Waals surface area contributed by atoms with Crippen LogP contribution in [0.25, 0.3) is 181 Å². The lowest BCUT2D eigenvalue weighted by Gasteiger charge is -2.11. The molecule has 0 spiro atoms. The van der Waals surface area contributed by atoms with Crippen molar-refractivity contribution in [1.82, 2.24) is 29.1 Å². The van der Waals surface area contributed by atoms with Crippen LogP contribution in [0.5, 0.6) is 0 Å². The van der Waals surface area contributed by atoms with Crippen molar-refractivity contribution < 1.29 is 6.85 Å². The molecule has 20 rings (SSSR count). The van der Waals surface area contributed by atoms with E-state index in [0.29, 0.717) is 27.8 Å². The van der Waals surface area contributed by atoms with E-state index in [1.165, 1.54) is 89.5 Å². The van der Waals surface area contributed by atoms with Crippen LogP contribution in [0.1, 0.15) is 6.85 Å². The molecule has 0 aliphatic rings. The number of nitrogens with zero attached hydrogens (tertiary/aromatic N) is 6. The second-order valence-electron chi connectivity index (χ2n) is 21.5. The number of aromatic nitrogens is 6. The van der Waals surface area contributed by atoms with Gasteiger partial charge in [0.25, 0.3) is 0 Å². The maximum absolute atomic E-state index is 8.94. The van der Waals surface area contributed by atoms with Gasteiger partial charge in [0.2, 0.25) is 11.9 Å². The Morgan fingerprint density at radius 1 is 0.279 bits per heavy atom. The van der Waals surface area contributed by atoms with E-state index in [4.69, 9.17) is 26.8 Å². The average molecular weight is 1170 g/mol. The van der Waals surface area contributed by atoms with Crippen LogP contribution < -0.4 is 0 Å². The lowest BCUT2D eigenvalue weighted by Crippen LogP contribution is -2.02. The first-order valence-electron chi connectivity index (χ1n) is 30.8. The van der Waals surface area contributed by atoms with Gasteiger partial charge in [-0.05, 0) is 57.9 Å². The van der Waals surface area contributed by atoms with E-state index < -0.39 is 18.1 Å². The van der Waals surface area contributed by atoms with E-state index in [9.17, 15) is 0 Å². The van der Waals surface area contributed by atoms with Crippen molar-refractivity contribution in [3.05, 3.63) is 255 Å². The lowest BCUT2D eigenvalue weighted by molar-refractivity contribution is 1.02. The van der Waals surface area contributed by atoms with E-state index in [0.717, 1.165) is 69.0 Å². The van der Waals surface area contributed by atoms with Gasteiger partial charge in [0, 0.05) is 94.6 Å². The Hall–Kier alpha value is -10.2. The normalized spacial score (nSPS) is 13.0. The van der Waals surface area contributed by atoms with Crippen LogP contribution in [0, 0.1) is 0 Å². The van der Waals surface area contributed by atoms with E-state index in [1.807, 2.05) is 47.7 Å². The number of thiophene rings is 4. The number of benzene rings is 12. The molecule has 0 saturated carbocycles. The summed E-state index contributed by atoms with van der Waals surface area (Å²) < 4.78 is 54.6. The summed E-state index contributed by atoms with van der Waals surface area (Å²) in [7, 11) is 0. The van der Waals surface area contributed by atoms with Crippen molar-refractivity contribution in [3.8, 4) is 34.4 Å². The zero-order chi connectivity index (χ0) is 60.5. The first kappa shape index (κ1) is 43.4. The molecular weight excluding hydrogens is 1130 g/mol. The Kier molecular flexibility index (Phi) is 9.42. The molecule has 0 amide bonds. The smallest absolute Gasteiger partial charge is 0.236 e. The zero-order valence-electron chi connectivity index (χ0n) is 50.2. The summed E-state index contributed by atoms with van der Waals surface area (Å²) in [6, 6.07) is 76.8. The van der Waals surface area contributed by atoms with E-state index >= 15 is 0 Å². The molecule has 0 aliphatic carbocycles. The minimum absolute atomic E-state index is 0.0661. The Labute approximate surface area is 513 Å². The van der Waals surface area contributed by atoms with Gasteiger partial charge in [0.05, 0.1) is 49.7 Å². The van der Waals surface area contributed by atoms with Crippen LogP contribution in [0.15, 0.2) is 255 Å². The molecule has 10 heteroatoms. The quantitative estimate of drug-likeness (QED) is 0.176. The van der Waals surface area contributed by atoms with Crippen LogP contribution in [-0.4, -0.2) is 29.1 Å². The Bertz CT molecular complexity index is 6530. The van der Waals surface area contributed by atoms with Gasteiger partial charge in [0.15, 0.2) is 0 Å². The summed E-state index contributed by atoms with van der Waals surface area (Å²) in [5, 5.41) is 18.3. The average Bonchev–Trinajstić information content (AvgIpc) is 1.57. The molecular formula is C76H42N6S4. The molecule has 0 unspecified atom stereocenters. The zero-order valence-corrected chi connectivity index (χ0v) is 48.4. The van der Waals surface area contributed by atoms with Gasteiger partial charge >= 0.3 is 0 Å². The van der Waals surface area contributed by atoms with Crippen LogP contribution in [0.3, 0.4) is 0 Å². The predicted molar refractivity (Wildman–Crippen MR) is 370 cm³/mol. The van der Waals surface area contributed by atoms with Gasteiger partial charge in [-0.25, -0.2) is 19.9 Å². The van der Waals surface area contributed by atoms with Gasteiger partial charge in [-0.3, -0.25) is 9.13 Å². The van der Waals surface area contributed by atoms with Gasteiger partial charge in [-0.1, -0.05) is 218 Å². The minimum atomic E-state index is -0.434. The topological polar surface area (TPSA) is 61.4 Å². The SMILES string of the molecule is [2H]c1c([2H])c([2H])c(-c2nc(-n3c4ccccc4c4c5ccccc5c5c6ccccc6sc5c43)nc3sc4ccccc4c23)c([2H])c1[2H].c1ccc(-c2nc(-n3c4ccccc4c4c5ccccc5c5c6ccccc6sc5c43)nc3sc4ccccc4c23)cc1.